The number of rotatable bonds is 7. The minimum atomic E-state index is -0.557. The maximum Gasteiger partial charge on any atom is 0.411 e. The lowest BCUT2D eigenvalue weighted by molar-refractivity contribution is 0.102. The molecule has 0 spiro atoms. The summed E-state index contributed by atoms with van der Waals surface area (Å²) in [6, 6.07) is 22.4. The van der Waals surface area contributed by atoms with Crippen molar-refractivity contribution in [3.63, 3.8) is 0 Å². The molecular formula is C25H25N3O3. The highest BCUT2D eigenvalue weighted by Crippen LogP contribution is 2.41. The minimum Gasteiger partial charge on any atom is -0.444 e. The number of carbonyl (C=O) groups excluding carboxylic acids is 2. The first kappa shape index (κ1) is 20.6. The molecule has 1 fully saturated rings. The second kappa shape index (κ2) is 9.45. The summed E-state index contributed by atoms with van der Waals surface area (Å²) in [5.41, 5.74) is 10.3. The van der Waals surface area contributed by atoms with Crippen LogP contribution in [0.15, 0.2) is 72.8 Å². The molecule has 4 N–H and O–H groups in total. The van der Waals surface area contributed by atoms with Crippen LogP contribution >= 0.6 is 0 Å². The first-order valence-corrected chi connectivity index (χ1v) is 10.3. The Morgan fingerprint density at radius 3 is 2.39 bits per heavy atom. The van der Waals surface area contributed by atoms with E-state index in [2.05, 4.69) is 10.6 Å². The number of amides is 2. The fourth-order valence-corrected chi connectivity index (χ4v) is 3.36. The topological polar surface area (TPSA) is 93.5 Å². The molecule has 3 aromatic carbocycles. The average molecular weight is 415 g/mol. The SMILES string of the molecule is NCc1cccc(NC(=O)c2cc(NC(=O)OCc3ccccc3)cc(C3CC3)c2)c1. The maximum absolute atomic E-state index is 12.9. The van der Waals surface area contributed by atoms with Crippen LogP contribution in [0, 0.1) is 0 Å². The van der Waals surface area contributed by atoms with Gasteiger partial charge in [-0.2, -0.15) is 0 Å². The Kier molecular flexibility index (Phi) is 6.29. The van der Waals surface area contributed by atoms with Crippen molar-refractivity contribution in [1.82, 2.24) is 0 Å². The van der Waals surface area contributed by atoms with E-state index >= 15 is 0 Å². The van der Waals surface area contributed by atoms with E-state index in [1.807, 2.05) is 66.7 Å². The van der Waals surface area contributed by atoms with Crippen LogP contribution in [0.1, 0.15) is 45.8 Å². The molecule has 1 saturated carbocycles. The second-order valence-corrected chi connectivity index (χ2v) is 7.66. The molecule has 0 aliphatic heterocycles. The van der Waals surface area contributed by atoms with Crippen LogP contribution in [0.2, 0.25) is 0 Å². The van der Waals surface area contributed by atoms with Gasteiger partial charge in [-0.3, -0.25) is 10.1 Å². The molecule has 1 aliphatic carbocycles. The van der Waals surface area contributed by atoms with Gasteiger partial charge in [0.25, 0.3) is 5.91 Å². The fourth-order valence-electron chi connectivity index (χ4n) is 3.36. The predicted molar refractivity (Wildman–Crippen MR) is 121 cm³/mol. The van der Waals surface area contributed by atoms with Crippen molar-refractivity contribution in [1.29, 1.82) is 0 Å². The Bertz CT molecular complexity index is 1080. The molecular weight excluding hydrogens is 390 g/mol. The van der Waals surface area contributed by atoms with Gasteiger partial charge in [0, 0.05) is 23.5 Å². The van der Waals surface area contributed by atoms with Gasteiger partial charge in [0.15, 0.2) is 0 Å². The van der Waals surface area contributed by atoms with E-state index < -0.39 is 6.09 Å². The van der Waals surface area contributed by atoms with Gasteiger partial charge in [0.1, 0.15) is 6.61 Å². The lowest BCUT2D eigenvalue weighted by Crippen LogP contribution is -2.16. The highest BCUT2D eigenvalue weighted by atomic mass is 16.5. The predicted octanol–water partition coefficient (Wildman–Crippen LogP) is 5.02. The molecule has 0 aromatic heterocycles. The molecule has 0 atom stereocenters. The van der Waals surface area contributed by atoms with Crippen LogP contribution in [0.4, 0.5) is 16.2 Å². The molecule has 31 heavy (non-hydrogen) atoms. The lowest BCUT2D eigenvalue weighted by Gasteiger charge is -2.12. The van der Waals surface area contributed by atoms with Crippen LogP contribution in [-0.4, -0.2) is 12.0 Å². The molecule has 0 unspecified atom stereocenters. The van der Waals surface area contributed by atoms with Crippen LogP contribution in [-0.2, 0) is 17.9 Å². The van der Waals surface area contributed by atoms with Gasteiger partial charge in [-0.25, -0.2) is 4.79 Å². The number of nitrogens with one attached hydrogen (secondary N) is 2. The standard InChI is InChI=1S/C25H25N3O3/c26-15-18-7-4-8-22(11-18)27-24(29)21-12-20(19-9-10-19)13-23(14-21)28-25(30)31-16-17-5-2-1-3-6-17/h1-8,11-14,19H,9-10,15-16,26H2,(H,27,29)(H,28,30). The third-order valence-electron chi connectivity index (χ3n) is 5.15. The molecule has 0 bridgehead atoms. The van der Waals surface area contributed by atoms with E-state index in [0.717, 1.165) is 29.5 Å². The summed E-state index contributed by atoms with van der Waals surface area (Å²) in [7, 11) is 0. The number of hydrogen-bond acceptors (Lipinski definition) is 4. The van der Waals surface area contributed by atoms with Gasteiger partial charge < -0.3 is 15.8 Å². The zero-order valence-electron chi connectivity index (χ0n) is 17.1. The Balaban J connectivity index is 1.46. The molecule has 3 aromatic rings. The van der Waals surface area contributed by atoms with Crippen molar-refractivity contribution in [2.45, 2.75) is 31.9 Å². The number of anilines is 2. The first-order chi connectivity index (χ1) is 15.1. The zero-order chi connectivity index (χ0) is 21.6. The number of nitrogens with two attached hydrogens (primary N) is 1. The van der Waals surface area contributed by atoms with Crippen molar-refractivity contribution < 1.29 is 14.3 Å². The Labute approximate surface area is 181 Å². The van der Waals surface area contributed by atoms with Crippen molar-refractivity contribution >= 4 is 23.4 Å². The van der Waals surface area contributed by atoms with Gasteiger partial charge in [0.2, 0.25) is 0 Å². The van der Waals surface area contributed by atoms with Crippen LogP contribution in [0.3, 0.4) is 0 Å². The molecule has 158 valence electrons. The lowest BCUT2D eigenvalue weighted by atomic mass is 10.0. The Morgan fingerprint density at radius 2 is 1.65 bits per heavy atom. The Hall–Kier alpha value is -3.64. The van der Waals surface area contributed by atoms with Gasteiger partial charge in [-0.1, -0.05) is 42.5 Å². The van der Waals surface area contributed by atoms with E-state index in [-0.39, 0.29) is 12.5 Å². The van der Waals surface area contributed by atoms with Gasteiger partial charge in [-0.05, 0) is 65.8 Å². The summed E-state index contributed by atoms with van der Waals surface area (Å²) >= 11 is 0. The van der Waals surface area contributed by atoms with Crippen molar-refractivity contribution in [2.24, 2.45) is 5.73 Å². The molecule has 2 amide bonds. The summed E-state index contributed by atoms with van der Waals surface area (Å²) < 4.78 is 5.31. The highest BCUT2D eigenvalue weighted by Gasteiger charge is 2.25. The molecule has 6 heteroatoms. The molecule has 0 radical (unpaired) electrons. The summed E-state index contributed by atoms with van der Waals surface area (Å²) in [5.74, 6) is 0.187. The summed E-state index contributed by atoms with van der Waals surface area (Å²) in [6.07, 6.45) is 1.61. The molecule has 1 aliphatic rings. The number of ether oxygens (including phenoxy) is 1. The quantitative estimate of drug-likeness (QED) is 0.505. The Morgan fingerprint density at radius 1 is 0.871 bits per heavy atom. The number of benzene rings is 3. The van der Waals surface area contributed by atoms with Gasteiger partial charge in [-0.15, -0.1) is 0 Å². The highest BCUT2D eigenvalue weighted by molar-refractivity contribution is 6.05. The van der Waals surface area contributed by atoms with E-state index in [1.165, 1.54) is 0 Å². The normalized spacial score (nSPS) is 12.8. The third-order valence-corrected chi connectivity index (χ3v) is 5.15. The molecule has 0 saturated heterocycles. The van der Waals surface area contributed by atoms with Gasteiger partial charge >= 0.3 is 6.09 Å². The van der Waals surface area contributed by atoms with Crippen molar-refractivity contribution in [2.75, 3.05) is 10.6 Å². The minimum absolute atomic E-state index is 0.180. The van der Waals surface area contributed by atoms with E-state index in [4.69, 9.17) is 10.5 Å². The van der Waals surface area contributed by atoms with E-state index in [9.17, 15) is 9.59 Å². The number of carbonyl (C=O) groups is 2. The maximum atomic E-state index is 12.9. The largest absolute Gasteiger partial charge is 0.444 e. The smallest absolute Gasteiger partial charge is 0.411 e. The van der Waals surface area contributed by atoms with Crippen molar-refractivity contribution in [3.05, 3.63) is 95.1 Å². The summed E-state index contributed by atoms with van der Waals surface area (Å²) in [5, 5.41) is 5.66. The third kappa shape index (κ3) is 5.71. The fraction of sp³-hybridized carbons (Fsp3) is 0.200. The van der Waals surface area contributed by atoms with E-state index in [1.54, 1.807) is 6.07 Å². The molecule has 4 rings (SSSR count). The van der Waals surface area contributed by atoms with E-state index in [0.29, 0.717) is 29.4 Å². The molecule has 6 nitrogen and oxygen atoms in total. The molecule has 0 heterocycles. The van der Waals surface area contributed by atoms with Gasteiger partial charge in [0.05, 0.1) is 0 Å². The van der Waals surface area contributed by atoms with Crippen LogP contribution in [0.5, 0.6) is 0 Å². The summed E-state index contributed by atoms with van der Waals surface area (Å²) in [6.45, 7) is 0.583. The van der Waals surface area contributed by atoms with Crippen molar-refractivity contribution in [3.8, 4) is 0 Å². The number of hydrogen-bond donors (Lipinski definition) is 3. The first-order valence-electron chi connectivity index (χ1n) is 10.3. The average Bonchev–Trinajstić information content (AvgIpc) is 3.64. The summed E-state index contributed by atoms with van der Waals surface area (Å²) in [4.78, 5) is 25.2. The second-order valence-electron chi connectivity index (χ2n) is 7.66. The van der Waals surface area contributed by atoms with Crippen LogP contribution < -0.4 is 16.4 Å². The zero-order valence-corrected chi connectivity index (χ0v) is 17.1. The van der Waals surface area contributed by atoms with Crippen LogP contribution in [0.25, 0.3) is 0 Å². The monoisotopic (exact) mass is 415 g/mol.